The molecule has 0 saturated carbocycles. The molecule has 28 heteroatoms. The molecule has 19 nitrogen and oxygen atoms in total. The van der Waals surface area contributed by atoms with Gasteiger partial charge in [0.25, 0.3) is 0 Å². The molecule has 4 N–H and O–H groups in total. The predicted molar refractivity (Wildman–Crippen MR) is 450 cm³/mol. The maximum atomic E-state index is 14.9. The predicted octanol–water partition coefficient (Wildman–Crippen LogP) is 6.48. The zero-order valence-electron chi connectivity index (χ0n) is 59.9. The van der Waals surface area contributed by atoms with Gasteiger partial charge >= 0.3 is 40.8 Å². The third-order valence-corrected chi connectivity index (χ3v) is 34.9. The van der Waals surface area contributed by atoms with Gasteiger partial charge in [-0.15, -0.1) is 0 Å². The van der Waals surface area contributed by atoms with E-state index in [0.29, 0.717) is 63.7 Å². The summed E-state index contributed by atoms with van der Waals surface area (Å²) in [6, 6.07) is 110. The van der Waals surface area contributed by atoms with Gasteiger partial charge in [-0.1, -0.05) is 364 Å². The molecule has 0 unspecified atom stereocenters. The number of benzene rings is 12. The summed E-state index contributed by atoms with van der Waals surface area (Å²) in [4.78, 5) is 0. The Labute approximate surface area is 677 Å². The van der Waals surface area contributed by atoms with Crippen LogP contribution in [-0.2, 0) is 49.0 Å². The Bertz CT molecular complexity index is 4560. The standard InChI is InChI=1S/3C26H20N3O2P2.2C2H6OS.Nd.2H2O/c3*30-32(21-13-5-1-6-14-21,22-15-7-2-8-16-22)25-26(28-29-27-25)33(31,23-17-9-3-10-18-23)24-19-11-4-12-20-24;2*1-4(2)3;;;/h3*1-20H;2*1-2H3;;2*1H2/q3*-1;;;+3;;. The smallest absolute Gasteiger partial charge is 0.492 e. The minimum Gasteiger partial charge on any atom is -0.492 e. The molecule has 0 atom stereocenters. The maximum absolute atomic E-state index is 14.9. The molecule has 0 spiro atoms. The van der Waals surface area contributed by atoms with Crippen molar-refractivity contribution >= 4 is 161 Å². The molecule has 3 aromatic heterocycles. The van der Waals surface area contributed by atoms with Gasteiger partial charge in [-0.2, -0.15) is 0 Å². The van der Waals surface area contributed by atoms with Crippen LogP contribution in [-0.4, -0.2) is 75.1 Å². The molecule has 0 aliphatic heterocycles. The summed E-state index contributed by atoms with van der Waals surface area (Å²) in [5.74, 6) is 0. The molecule has 0 fully saturated rings. The molecule has 110 heavy (non-hydrogen) atoms. The molecule has 1 radical (unpaired) electrons. The summed E-state index contributed by atoms with van der Waals surface area (Å²) in [5, 5.41) is 44.4. The number of nitrogens with zero attached hydrogens (tertiary/aromatic N) is 9. The van der Waals surface area contributed by atoms with Gasteiger partial charge in [-0.05, 0) is 0 Å². The van der Waals surface area contributed by atoms with Gasteiger partial charge in [-0.25, -0.2) is 0 Å². The molecule has 15 aromatic rings. The Hall–Kier alpha value is -8.99. The second kappa shape index (κ2) is 40.3. The Morgan fingerprint density at radius 2 is 0.355 bits per heavy atom. The van der Waals surface area contributed by atoms with Gasteiger partial charge in [-0.3, -0.25) is 13.6 Å². The maximum Gasteiger partial charge on any atom is 3.00 e. The largest absolute Gasteiger partial charge is 3.00 e. The fourth-order valence-electron chi connectivity index (χ4n) is 11.8. The zero-order chi connectivity index (χ0) is 75.3. The van der Waals surface area contributed by atoms with Gasteiger partial charge < -0.3 is 79.4 Å². The molecule has 0 bridgehead atoms. The zero-order valence-corrected chi connectivity index (χ0v) is 70.1. The van der Waals surface area contributed by atoms with Crippen LogP contribution in [0.2, 0.25) is 0 Å². The minimum absolute atomic E-state index is 0. The van der Waals surface area contributed by atoms with E-state index in [9.17, 15) is 35.8 Å². The van der Waals surface area contributed by atoms with E-state index in [4.69, 9.17) is 0 Å². The van der Waals surface area contributed by atoms with Gasteiger partial charge in [0.05, 0.1) is 0 Å². The molecule has 0 aliphatic carbocycles. The van der Waals surface area contributed by atoms with Crippen molar-refractivity contribution in [3.05, 3.63) is 364 Å². The van der Waals surface area contributed by atoms with E-state index >= 15 is 0 Å². The van der Waals surface area contributed by atoms with Crippen molar-refractivity contribution in [2.75, 3.05) is 25.0 Å². The molecular formula is C82H76N9NdO10P6S2. The van der Waals surface area contributed by atoms with Crippen molar-refractivity contribution < 1.29 is 87.6 Å². The van der Waals surface area contributed by atoms with E-state index in [1.807, 2.05) is 364 Å². The van der Waals surface area contributed by atoms with Crippen LogP contribution in [0.4, 0.5) is 0 Å². The molecule has 0 saturated heterocycles. The van der Waals surface area contributed by atoms with Crippen LogP contribution >= 0.6 is 42.9 Å². The SMILES string of the molecule is CS(C)=O.CS(C)=O.O.O.O=P(c1ccccc1)(c1ccccc1)c1n[n-]nc1P(=O)(c1ccccc1)c1ccccc1.O=P(c1ccccc1)(c1ccccc1)c1n[n-]nc1P(=O)(c1ccccc1)c1ccccc1.O=P(c1ccccc1)(c1ccccc1)c1nn[n-]c1P(=O)(c1ccccc1)c1ccccc1.[Nd+3]. The number of hydrogen-bond donors (Lipinski definition) is 0. The molecule has 3 heterocycles. The second-order valence-corrected chi connectivity index (χ2v) is 43.0. The average molecular weight is 1740 g/mol. The van der Waals surface area contributed by atoms with Crippen LogP contribution in [0.15, 0.2) is 364 Å². The summed E-state index contributed by atoms with van der Waals surface area (Å²) >= 11 is 0. The molecule has 12 aromatic carbocycles. The van der Waals surface area contributed by atoms with Crippen molar-refractivity contribution in [3.63, 3.8) is 0 Å². The second-order valence-electron chi connectivity index (χ2n) is 24.0. The quantitative estimate of drug-likeness (QED) is 0.0830. The van der Waals surface area contributed by atoms with Crippen molar-refractivity contribution in [1.29, 1.82) is 0 Å². The van der Waals surface area contributed by atoms with Gasteiger partial charge in [0.1, 0.15) is 21.7 Å². The van der Waals surface area contributed by atoms with E-state index in [-0.39, 0.29) is 84.4 Å². The third kappa shape index (κ3) is 18.8. The summed E-state index contributed by atoms with van der Waals surface area (Å²) in [6.45, 7) is 0. The first-order chi connectivity index (χ1) is 51.9. The monoisotopic (exact) mass is 1740 g/mol. The van der Waals surface area contributed by atoms with E-state index in [1.54, 1.807) is 25.0 Å². The number of hydrogen-bond acceptors (Lipinski definition) is 14. The first-order valence-corrected chi connectivity index (χ1v) is 47.5. The fourth-order valence-corrected chi connectivity index (χ4v) is 29.1. The third-order valence-electron chi connectivity index (χ3n) is 16.7. The summed E-state index contributed by atoms with van der Waals surface area (Å²) < 4.78 is 109. The molecule has 0 aliphatic rings. The average Bonchev–Trinajstić information content (AvgIpc) is 1.30. The van der Waals surface area contributed by atoms with Crippen LogP contribution in [0, 0.1) is 40.8 Å². The van der Waals surface area contributed by atoms with E-state index in [0.717, 1.165) is 0 Å². The number of rotatable bonds is 18. The van der Waals surface area contributed by atoms with E-state index in [2.05, 4.69) is 46.2 Å². The fraction of sp³-hybridized carbons (Fsp3) is 0.0488. The molecule has 555 valence electrons. The van der Waals surface area contributed by atoms with Crippen molar-refractivity contribution in [1.82, 2.24) is 46.2 Å². The first-order valence-electron chi connectivity index (χ1n) is 33.3. The molecule has 15 rings (SSSR count). The van der Waals surface area contributed by atoms with Crippen molar-refractivity contribution in [2.24, 2.45) is 0 Å². The van der Waals surface area contributed by atoms with E-state index in [1.165, 1.54) is 0 Å². The minimum atomic E-state index is -3.51. The summed E-state index contributed by atoms with van der Waals surface area (Å²) in [6.07, 6.45) is 6.56. The Kier molecular flexibility index (Phi) is 31.7. The Balaban J connectivity index is 0.000000195. The van der Waals surface area contributed by atoms with Crippen LogP contribution in [0.1, 0.15) is 0 Å². The van der Waals surface area contributed by atoms with Crippen molar-refractivity contribution in [2.45, 2.75) is 0 Å². The van der Waals surface area contributed by atoms with E-state index < -0.39 is 64.5 Å². The van der Waals surface area contributed by atoms with Gasteiger partial charge in [0.15, 0.2) is 42.9 Å². The number of aromatic nitrogens is 9. The molecule has 0 amide bonds. The topological polar surface area (TPSA) is 319 Å². The van der Waals surface area contributed by atoms with Crippen LogP contribution in [0.25, 0.3) is 0 Å². The Morgan fingerprint density at radius 3 is 0.500 bits per heavy atom. The van der Waals surface area contributed by atoms with Crippen molar-refractivity contribution in [3.8, 4) is 0 Å². The summed E-state index contributed by atoms with van der Waals surface area (Å²) in [5.41, 5.74) is 0.977. The van der Waals surface area contributed by atoms with Crippen LogP contribution < -0.4 is 112 Å². The van der Waals surface area contributed by atoms with Gasteiger partial charge in [0, 0.05) is 121 Å². The van der Waals surface area contributed by atoms with Gasteiger partial charge in [0.2, 0.25) is 0 Å². The Morgan fingerprint density at radius 1 is 0.227 bits per heavy atom. The normalized spacial score (nSPS) is 11.3. The van der Waals surface area contributed by atoms with Crippen LogP contribution in [0.3, 0.4) is 0 Å². The van der Waals surface area contributed by atoms with Crippen LogP contribution in [0.5, 0.6) is 0 Å². The first kappa shape index (κ1) is 86.6. The summed E-state index contributed by atoms with van der Waals surface area (Å²) in [7, 11) is -22.3. The molecular weight excluding hydrogens is 1670 g/mol.